The van der Waals surface area contributed by atoms with Crippen LogP contribution in [0.2, 0.25) is 0 Å². The Kier molecular flexibility index (Phi) is 6.41. The smallest absolute Gasteiger partial charge is 0.409 e. The molecule has 1 fully saturated rings. The van der Waals surface area contributed by atoms with Crippen LogP contribution >= 0.6 is 0 Å². The van der Waals surface area contributed by atoms with Gasteiger partial charge in [-0.1, -0.05) is 0 Å². The van der Waals surface area contributed by atoms with Crippen molar-refractivity contribution in [3.63, 3.8) is 0 Å². The molecule has 8 heteroatoms. The van der Waals surface area contributed by atoms with Crippen molar-refractivity contribution in [1.29, 1.82) is 0 Å². The van der Waals surface area contributed by atoms with Gasteiger partial charge in [-0.3, -0.25) is 4.79 Å². The van der Waals surface area contributed by atoms with Gasteiger partial charge in [-0.25, -0.2) is 9.59 Å². The van der Waals surface area contributed by atoms with E-state index in [9.17, 15) is 14.4 Å². The summed E-state index contributed by atoms with van der Waals surface area (Å²) in [5.74, 6) is 0.124. The van der Waals surface area contributed by atoms with Crippen molar-refractivity contribution in [2.24, 2.45) is 0 Å². The van der Waals surface area contributed by atoms with E-state index in [2.05, 4.69) is 5.32 Å². The molecule has 1 aliphatic heterocycles. The highest BCUT2D eigenvalue weighted by molar-refractivity contribution is 5.96. The maximum absolute atomic E-state index is 12.6. The van der Waals surface area contributed by atoms with Gasteiger partial charge in [0.1, 0.15) is 16.9 Å². The lowest BCUT2D eigenvalue weighted by atomic mass is 10.0. The van der Waals surface area contributed by atoms with Gasteiger partial charge in [0.15, 0.2) is 0 Å². The molecule has 3 rings (SSSR count). The lowest BCUT2D eigenvalue weighted by molar-refractivity contribution is 0.0858. The van der Waals surface area contributed by atoms with Crippen LogP contribution in [0.4, 0.5) is 4.79 Å². The van der Waals surface area contributed by atoms with Crippen LogP contribution in [-0.4, -0.2) is 48.7 Å². The minimum absolute atomic E-state index is 0.000492. The summed E-state index contributed by atoms with van der Waals surface area (Å²) in [5, 5.41) is 3.51. The second kappa shape index (κ2) is 8.98. The third-order valence-electron chi connectivity index (χ3n) is 4.68. The third kappa shape index (κ3) is 5.07. The lowest BCUT2D eigenvalue weighted by Crippen LogP contribution is -2.47. The van der Waals surface area contributed by atoms with Crippen molar-refractivity contribution < 1.29 is 23.5 Å². The molecule has 1 aliphatic rings. The van der Waals surface area contributed by atoms with Gasteiger partial charge in [-0.2, -0.15) is 0 Å². The molecule has 0 bridgehead atoms. The fourth-order valence-corrected chi connectivity index (χ4v) is 3.28. The molecule has 8 nitrogen and oxygen atoms in total. The summed E-state index contributed by atoms with van der Waals surface area (Å²) in [7, 11) is 0. The fraction of sp³-hybridized carbons (Fsp3) is 0.476. The summed E-state index contributed by atoms with van der Waals surface area (Å²) in [6, 6.07) is 6.58. The minimum Gasteiger partial charge on any atom is -0.491 e. The Balaban J connectivity index is 1.67. The molecular formula is C21H26N2O6. The number of hydrogen-bond donors (Lipinski definition) is 1. The topological polar surface area (TPSA) is 98.1 Å². The first-order valence-electron chi connectivity index (χ1n) is 9.84. The van der Waals surface area contributed by atoms with E-state index in [0.29, 0.717) is 49.3 Å². The summed E-state index contributed by atoms with van der Waals surface area (Å²) >= 11 is 0. The lowest BCUT2D eigenvalue weighted by Gasteiger charge is -2.31. The van der Waals surface area contributed by atoms with Gasteiger partial charge in [0.25, 0.3) is 5.91 Å². The number of nitrogens with one attached hydrogen (secondary N) is 1. The summed E-state index contributed by atoms with van der Waals surface area (Å²) in [4.78, 5) is 38.3. The Morgan fingerprint density at radius 1 is 1.24 bits per heavy atom. The molecule has 0 atom stereocenters. The number of fused-ring (bicyclic) bond motifs is 1. The molecule has 29 heavy (non-hydrogen) atoms. The molecule has 1 aromatic carbocycles. The zero-order valence-corrected chi connectivity index (χ0v) is 16.9. The van der Waals surface area contributed by atoms with Crippen molar-refractivity contribution in [2.75, 3.05) is 19.7 Å². The molecule has 1 aromatic heterocycles. The maximum Gasteiger partial charge on any atom is 0.409 e. The molecule has 1 N–H and O–H groups in total. The first-order chi connectivity index (χ1) is 13.9. The van der Waals surface area contributed by atoms with Gasteiger partial charge in [-0.15, -0.1) is 0 Å². The fourth-order valence-electron chi connectivity index (χ4n) is 3.28. The van der Waals surface area contributed by atoms with E-state index in [4.69, 9.17) is 13.9 Å². The molecule has 156 valence electrons. The third-order valence-corrected chi connectivity index (χ3v) is 4.68. The Morgan fingerprint density at radius 2 is 1.97 bits per heavy atom. The number of piperidine rings is 1. The number of carbonyl (C=O) groups is 2. The Bertz CT molecular complexity index is 944. The van der Waals surface area contributed by atoms with Gasteiger partial charge >= 0.3 is 11.7 Å². The van der Waals surface area contributed by atoms with Gasteiger partial charge in [0.05, 0.1) is 12.7 Å². The van der Waals surface area contributed by atoms with Crippen LogP contribution in [0.15, 0.2) is 33.5 Å². The average molecular weight is 402 g/mol. The highest BCUT2D eigenvalue weighted by Crippen LogP contribution is 2.21. The van der Waals surface area contributed by atoms with Gasteiger partial charge in [0, 0.05) is 30.6 Å². The summed E-state index contributed by atoms with van der Waals surface area (Å²) < 4.78 is 15.9. The van der Waals surface area contributed by atoms with Crippen molar-refractivity contribution in [3.8, 4) is 5.75 Å². The van der Waals surface area contributed by atoms with Gasteiger partial charge < -0.3 is 24.1 Å². The number of likely N-dealkylation sites (tertiary alicyclic amines) is 1. The molecule has 1 saturated heterocycles. The Hall–Kier alpha value is -3.03. The van der Waals surface area contributed by atoms with E-state index in [0.717, 1.165) is 0 Å². The number of hydrogen-bond acceptors (Lipinski definition) is 6. The molecule has 0 spiro atoms. The molecule has 0 aliphatic carbocycles. The molecule has 0 radical (unpaired) electrons. The van der Waals surface area contributed by atoms with Crippen LogP contribution in [0, 0.1) is 0 Å². The highest BCUT2D eigenvalue weighted by Gasteiger charge is 2.25. The van der Waals surface area contributed by atoms with Crippen LogP contribution in [0.25, 0.3) is 11.0 Å². The van der Waals surface area contributed by atoms with Crippen LogP contribution < -0.4 is 15.7 Å². The molecule has 2 aromatic rings. The number of amides is 2. The predicted octanol–water partition coefficient (Wildman–Crippen LogP) is 2.93. The van der Waals surface area contributed by atoms with Crippen LogP contribution in [-0.2, 0) is 4.74 Å². The van der Waals surface area contributed by atoms with E-state index in [-0.39, 0.29) is 23.8 Å². The van der Waals surface area contributed by atoms with Crippen LogP contribution in [0.5, 0.6) is 5.75 Å². The monoisotopic (exact) mass is 402 g/mol. The number of benzene rings is 1. The first-order valence-corrected chi connectivity index (χ1v) is 9.84. The zero-order valence-electron chi connectivity index (χ0n) is 16.9. The second-order valence-corrected chi connectivity index (χ2v) is 7.25. The van der Waals surface area contributed by atoms with E-state index < -0.39 is 11.5 Å². The summed E-state index contributed by atoms with van der Waals surface area (Å²) in [6.07, 6.45) is 0.853. The Morgan fingerprint density at radius 3 is 2.62 bits per heavy atom. The van der Waals surface area contributed by atoms with Crippen molar-refractivity contribution in [2.45, 2.75) is 45.8 Å². The minimum atomic E-state index is -0.694. The van der Waals surface area contributed by atoms with E-state index >= 15 is 0 Å². The van der Waals surface area contributed by atoms with Gasteiger partial charge in [0.2, 0.25) is 0 Å². The van der Waals surface area contributed by atoms with E-state index in [1.54, 1.807) is 30.0 Å². The molecule has 2 amide bonds. The van der Waals surface area contributed by atoms with Crippen molar-refractivity contribution in [3.05, 3.63) is 40.2 Å². The molecule has 0 unspecified atom stereocenters. The predicted molar refractivity (Wildman–Crippen MR) is 107 cm³/mol. The van der Waals surface area contributed by atoms with E-state index in [1.165, 1.54) is 6.07 Å². The van der Waals surface area contributed by atoms with Crippen LogP contribution in [0.1, 0.15) is 44.0 Å². The summed E-state index contributed by atoms with van der Waals surface area (Å²) in [6.45, 7) is 6.90. The van der Waals surface area contributed by atoms with Gasteiger partial charge in [-0.05, 0) is 51.8 Å². The SMILES string of the molecule is CCOC(=O)N1CCC(NC(=O)c2cc3ccc(OC(C)C)cc3oc2=O)CC1. The highest BCUT2D eigenvalue weighted by atomic mass is 16.6. The molecule has 2 heterocycles. The number of carbonyl (C=O) groups excluding carboxylic acids is 2. The quantitative estimate of drug-likeness (QED) is 0.772. The maximum atomic E-state index is 12.6. The van der Waals surface area contributed by atoms with Crippen molar-refractivity contribution >= 4 is 23.0 Å². The Labute approximate surface area is 168 Å². The number of nitrogens with zero attached hydrogens (tertiary/aromatic N) is 1. The molecular weight excluding hydrogens is 376 g/mol. The normalized spacial score (nSPS) is 14.8. The van der Waals surface area contributed by atoms with Crippen molar-refractivity contribution in [1.82, 2.24) is 10.2 Å². The van der Waals surface area contributed by atoms with E-state index in [1.807, 2.05) is 13.8 Å². The largest absolute Gasteiger partial charge is 0.491 e. The standard InChI is InChI=1S/C21H26N2O6/c1-4-27-21(26)23-9-7-15(8-10-23)22-19(24)17-11-14-5-6-16(28-13(2)3)12-18(14)29-20(17)25/h5-6,11-13,15H,4,7-10H2,1-3H3,(H,22,24). The summed E-state index contributed by atoms with van der Waals surface area (Å²) in [5.41, 5.74) is -0.365. The van der Waals surface area contributed by atoms with Crippen LogP contribution in [0.3, 0.4) is 0 Å². The zero-order chi connectivity index (χ0) is 21.0. The second-order valence-electron chi connectivity index (χ2n) is 7.25. The number of rotatable bonds is 5. The first kappa shape index (κ1) is 20.7. The molecule has 0 saturated carbocycles. The number of ether oxygens (including phenoxy) is 2. The average Bonchev–Trinajstić information content (AvgIpc) is 2.67.